The van der Waals surface area contributed by atoms with Crippen molar-refractivity contribution in [1.29, 1.82) is 0 Å². The van der Waals surface area contributed by atoms with Gasteiger partial charge in [-0.1, -0.05) is 48.5 Å². The highest BCUT2D eigenvalue weighted by Crippen LogP contribution is 2.33. The molecule has 0 unspecified atom stereocenters. The summed E-state index contributed by atoms with van der Waals surface area (Å²) in [6.07, 6.45) is -4.02. The molecule has 180 valence electrons. The number of ether oxygens (including phenoxy) is 2. The predicted octanol–water partition coefficient (Wildman–Crippen LogP) is 4.20. The fourth-order valence-corrected chi connectivity index (χ4v) is 3.29. The second-order valence-corrected chi connectivity index (χ2v) is 7.31. The molecule has 0 aliphatic heterocycles. The number of nitrogens with zero attached hydrogens (tertiary/aromatic N) is 4. The summed E-state index contributed by atoms with van der Waals surface area (Å²) < 4.78 is 52.9. The quantitative estimate of drug-likeness (QED) is 0.404. The van der Waals surface area contributed by atoms with Gasteiger partial charge in [0, 0.05) is 18.2 Å². The van der Waals surface area contributed by atoms with Gasteiger partial charge in [0.2, 0.25) is 5.88 Å². The van der Waals surface area contributed by atoms with Crippen LogP contribution in [0, 0.1) is 0 Å². The summed E-state index contributed by atoms with van der Waals surface area (Å²) in [6.45, 7) is 0.258. The van der Waals surface area contributed by atoms with Crippen molar-refractivity contribution >= 4 is 5.91 Å². The van der Waals surface area contributed by atoms with Crippen LogP contribution in [-0.4, -0.2) is 33.0 Å². The average molecular weight is 483 g/mol. The SMILES string of the molecule is COc1ccc(-n2ncc(C(=O)NCc3ccccc3OCc3ccccc3)c2C(F)(F)F)nn1. The van der Waals surface area contributed by atoms with Crippen LogP contribution in [0.1, 0.15) is 27.2 Å². The van der Waals surface area contributed by atoms with Crippen LogP contribution in [-0.2, 0) is 19.3 Å². The molecule has 2 aromatic carbocycles. The number of alkyl halides is 3. The van der Waals surface area contributed by atoms with Crippen molar-refractivity contribution in [3.8, 4) is 17.4 Å². The largest absolute Gasteiger partial charge is 0.489 e. The lowest BCUT2D eigenvalue weighted by Gasteiger charge is -2.14. The molecule has 4 aromatic rings. The van der Waals surface area contributed by atoms with Crippen molar-refractivity contribution in [2.75, 3.05) is 7.11 Å². The Labute approximate surface area is 198 Å². The van der Waals surface area contributed by atoms with Gasteiger partial charge >= 0.3 is 6.18 Å². The van der Waals surface area contributed by atoms with Crippen LogP contribution in [0.15, 0.2) is 72.9 Å². The molecule has 2 heterocycles. The van der Waals surface area contributed by atoms with E-state index in [0.717, 1.165) is 11.8 Å². The van der Waals surface area contributed by atoms with Crippen LogP contribution in [0.25, 0.3) is 5.82 Å². The maximum absolute atomic E-state index is 13.9. The molecule has 0 spiro atoms. The average Bonchev–Trinajstić information content (AvgIpc) is 3.33. The Morgan fingerprint density at radius 1 is 1.00 bits per heavy atom. The first kappa shape index (κ1) is 23.7. The number of carbonyl (C=O) groups is 1. The van der Waals surface area contributed by atoms with Gasteiger partial charge in [-0.3, -0.25) is 4.79 Å². The van der Waals surface area contributed by atoms with Crippen LogP contribution < -0.4 is 14.8 Å². The van der Waals surface area contributed by atoms with Gasteiger partial charge in [-0.15, -0.1) is 10.2 Å². The number of hydrogen-bond acceptors (Lipinski definition) is 6. The molecule has 1 amide bonds. The van der Waals surface area contributed by atoms with Crippen LogP contribution >= 0.6 is 0 Å². The molecule has 0 bridgehead atoms. The maximum Gasteiger partial charge on any atom is 0.434 e. The van der Waals surface area contributed by atoms with Crippen molar-refractivity contribution in [3.63, 3.8) is 0 Å². The van der Waals surface area contributed by atoms with E-state index in [1.54, 1.807) is 24.3 Å². The van der Waals surface area contributed by atoms with E-state index in [4.69, 9.17) is 9.47 Å². The minimum absolute atomic E-state index is 0.0470. The molecule has 4 rings (SSSR count). The third kappa shape index (κ3) is 5.57. The van der Waals surface area contributed by atoms with Gasteiger partial charge < -0.3 is 14.8 Å². The number of amides is 1. The lowest BCUT2D eigenvalue weighted by Crippen LogP contribution is -2.26. The molecule has 0 aliphatic rings. The minimum Gasteiger partial charge on any atom is -0.489 e. The highest BCUT2D eigenvalue weighted by atomic mass is 19.4. The third-order valence-corrected chi connectivity index (χ3v) is 4.98. The van der Waals surface area contributed by atoms with Crippen LogP contribution in [0.4, 0.5) is 13.2 Å². The van der Waals surface area contributed by atoms with Crippen molar-refractivity contribution < 1.29 is 27.4 Å². The summed E-state index contributed by atoms with van der Waals surface area (Å²) in [4.78, 5) is 12.8. The summed E-state index contributed by atoms with van der Waals surface area (Å²) in [5.74, 6) is -0.516. The number of halogens is 3. The van der Waals surface area contributed by atoms with Crippen LogP contribution in [0.3, 0.4) is 0 Å². The first-order valence-corrected chi connectivity index (χ1v) is 10.4. The predicted molar refractivity (Wildman–Crippen MR) is 119 cm³/mol. The summed E-state index contributed by atoms with van der Waals surface area (Å²) >= 11 is 0. The van der Waals surface area contributed by atoms with E-state index in [0.29, 0.717) is 22.6 Å². The lowest BCUT2D eigenvalue weighted by molar-refractivity contribution is -0.143. The van der Waals surface area contributed by atoms with E-state index in [9.17, 15) is 18.0 Å². The highest BCUT2D eigenvalue weighted by molar-refractivity contribution is 5.95. The number of hydrogen-bond donors (Lipinski definition) is 1. The molecule has 0 saturated carbocycles. The fraction of sp³-hybridized carbons (Fsp3) is 0.167. The van der Waals surface area contributed by atoms with Gasteiger partial charge in [0.15, 0.2) is 11.5 Å². The molecule has 1 N–H and O–H groups in total. The standard InChI is InChI=1S/C24H20F3N5O3/c1-34-21-12-11-20(30-31-21)32-22(24(25,26)27)18(14-29-32)23(33)28-13-17-9-5-6-10-19(17)35-15-16-7-3-2-4-8-16/h2-12,14H,13,15H2,1H3,(H,28,33). The minimum atomic E-state index is -4.87. The Kier molecular flexibility index (Phi) is 6.95. The topological polar surface area (TPSA) is 91.2 Å². The number of aromatic nitrogens is 4. The second kappa shape index (κ2) is 10.2. The van der Waals surface area contributed by atoms with E-state index in [1.165, 1.54) is 19.2 Å². The second-order valence-electron chi connectivity index (χ2n) is 7.31. The van der Waals surface area contributed by atoms with E-state index < -0.39 is 23.3 Å². The fourth-order valence-electron chi connectivity index (χ4n) is 3.29. The summed E-state index contributed by atoms with van der Waals surface area (Å²) in [5, 5.41) is 13.6. The van der Waals surface area contributed by atoms with Crippen molar-refractivity contribution in [1.82, 2.24) is 25.3 Å². The summed E-state index contributed by atoms with van der Waals surface area (Å²) in [5.41, 5.74) is -0.338. The van der Waals surface area contributed by atoms with Gasteiger partial charge in [-0.05, 0) is 17.7 Å². The molecule has 35 heavy (non-hydrogen) atoms. The Bertz CT molecular complexity index is 1290. The zero-order valence-corrected chi connectivity index (χ0v) is 18.5. The molecule has 0 fully saturated rings. The molecule has 11 heteroatoms. The van der Waals surface area contributed by atoms with Crippen molar-refractivity contribution in [3.05, 3.63) is 95.3 Å². The number of rotatable bonds is 8. The number of benzene rings is 2. The molecule has 0 saturated heterocycles. The van der Waals surface area contributed by atoms with E-state index in [-0.39, 0.29) is 18.2 Å². The molecular formula is C24H20F3N5O3. The Morgan fingerprint density at radius 2 is 1.74 bits per heavy atom. The first-order chi connectivity index (χ1) is 16.9. The van der Waals surface area contributed by atoms with Gasteiger partial charge in [-0.2, -0.15) is 18.3 Å². The van der Waals surface area contributed by atoms with Gasteiger partial charge in [0.05, 0.1) is 18.9 Å². The first-order valence-electron chi connectivity index (χ1n) is 10.4. The van der Waals surface area contributed by atoms with Gasteiger partial charge in [-0.25, -0.2) is 4.68 Å². The van der Waals surface area contributed by atoms with Crippen LogP contribution in [0.5, 0.6) is 11.6 Å². The van der Waals surface area contributed by atoms with Crippen LogP contribution in [0.2, 0.25) is 0 Å². The van der Waals surface area contributed by atoms with E-state index >= 15 is 0 Å². The maximum atomic E-state index is 13.9. The smallest absolute Gasteiger partial charge is 0.434 e. The molecule has 0 radical (unpaired) electrons. The van der Waals surface area contributed by atoms with Crippen molar-refractivity contribution in [2.45, 2.75) is 19.3 Å². The van der Waals surface area contributed by atoms with Crippen molar-refractivity contribution in [2.24, 2.45) is 0 Å². The monoisotopic (exact) mass is 483 g/mol. The summed E-state index contributed by atoms with van der Waals surface area (Å²) in [7, 11) is 1.35. The lowest BCUT2D eigenvalue weighted by atomic mass is 10.1. The zero-order valence-electron chi connectivity index (χ0n) is 18.5. The number of para-hydroxylation sites is 1. The molecule has 0 aliphatic carbocycles. The Balaban J connectivity index is 1.52. The number of carbonyl (C=O) groups excluding carboxylic acids is 1. The number of nitrogens with one attached hydrogen (secondary N) is 1. The number of methoxy groups -OCH3 is 1. The molecule has 8 nitrogen and oxygen atoms in total. The summed E-state index contributed by atoms with van der Waals surface area (Å²) in [6, 6.07) is 19.1. The Morgan fingerprint density at radius 3 is 2.43 bits per heavy atom. The highest BCUT2D eigenvalue weighted by Gasteiger charge is 2.41. The molecular weight excluding hydrogens is 463 g/mol. The van der Waals surface area contributed by atoms with Gasteiger partial charge in [0.1, 0.15) is 12.4 Å². The molecule has 2 aromatic heterocycles. The normalized spacial score (nSPS) is 11.2. The van der Waals surface area contributed by atoms with E-state index in [2.05, 4.69) is 20.6 Å². The zero-order chi connectivity index (χ0) is 24.8. The Hall–Kier alpha value is -4.41. The van der Waals surface area contributed by atoms with Gasteiger partial charge in [0.25, 0.3) is 5.91 Å². The van der Waals surface area contributed by atoms with E-state index in [1.807, 2.05) is 30.3 Å². The third-order valence-electron chi connectivity index (χ3n) is 4.98. The molecule has 0 atom stereocenters.